The van der Waals surface area contributed by atoms with Gasteiger partial charge >= 0.3 is 0 Å². The molecule has 50 valence electrons. The van der Waals surface area contributed by atoms with E-state index in [-0.39, 0.29) is 6.40 Å². The van der Waals surface area contributed by atoms with Crippen molar-refractivity contribution in [3.05, 3.63) is 0 Å². The second-order valence-corrected chi connectivity index (χ2v) is 3.36. The quantitative estimate of drug-likeness (QED) is 0.612. The second-order valence-electron chi connectivity index (χ2n) is 1.07. The Morgan fingerprint density at radius 1 is 1.62 bits per heavy atom. The van der Waals surface area contributed by atoms with Crippen molar-refractivity contribution in [3.63, 3.8) is 0 Å². The lowest BCUT2D eigenvalue weighted by atomic mass is 10.6. The van der Waals surface area contributed by atoms with E-state index in [1.165, 1.54) is 10.8 Å². The number of rotatable bonds is 5. The summed E-state index contributed by atoms with van der Waals surface area (Å²) >= 11 is 0. The third-order valence-corrected chi connectivity index (χ3v) is 2.36. The molecule has 0 bridgehead atoms. The van der Waals surface area contributed by atoms with Gasteiger partial charge in [-0.25, -0.2) is 0 Å². The minimum Gasteiger partial charge on any atom is -0.330 e. The Labute approximate surface area is 64.8 Å². The molecule has 0 aromatic heterocycles. The van der Waals surface area contributed by atoms with Crippen LogP contribution in [0.4, 0.5) is 0 Å². The van der Waals surface area contributed by atoms with Gasteiger partial charge in [0.25, 0.3) is 0 Å². The molecule has 0 aliphatic rings. The molecular formula is C5H13NS2. The molecule has 0 aromatic rings. The fourth-order valence-corrected chi connectivity index (χ4v) is 1.52. The van der Waals surface area contributed by atoms with Gasteiger partial charge in [0.2, 0.25) is 0 Å². The average molecular weight is 155 g/mol. The Morgan fingerprint density at radius 3 is 2.88 bits per heavy atom. The minimum atomic E-state index is -1.96. The van der Waals surface area contributed by atoms with Crippen LogP contribution in [0.1, 0.15) is 18.8 Å². The normalized spacial score (nSPS) is 26.8. The summed E-state index contributed by atoms with van der Waals surface area (Å²) in [6.07, 6.45) is -0.182. The van der Waals surface area contributed by atoms with Crippen LogP contribution in [0.3, 0.4) is 0 Å². The smallest absolute Gasteiger partial charge is 0.0434 e. The lowest BCUT2D eigenvalue weighted by Gasteiger charge is -1.93. The maximum absolute atomic E-state index is 7.25. The molecule has 0 amide bonds. The predicted molar refractivity (Wildman–Crippen MR) is 44.3 cm³/mol. The van der Waals surface area contributed by atoms with Gasteiger partial charge in [-0.05, 0) is 6.40 Å². The molecule has 1 nitrogen and oxygen atoms in total. The Hall–Kier alpha value is 0.660. The molecule has 2 unspecified atom stereocenters. The van der Waals surface area contributed by atoms with E-state index in [0.717, 1.165) is 10.8 Å². The first-order valence-corrected chi connectivity index (χ1v) is 4.64. The highest BCUT2D eigenvalue weighted by molar-refractivity contribution is 8.76. The third-order valence-electron chi connectivity index (χ3n) is 0.419. The summed E-state index contributed by atoms with van der Waals surface area (Å²) in [4.78, 5) is 0. The predicted octanol–water partition coefficient (Wildman–Crippen LogP) is 1.74. The molecule has 2 atom stereocenters. The van der Waals surface area contributed by atoms with Crippen LogP contribution in [0.2, 0.25) is 0 Å². The third kappa shape index (κ3) is 6.66. The standard InChI is InChI=1S/C5H13NS2/c1-2-4-7-8-5-3-6/h2-6H2,1H3/i2D,3D2,5D. The Balaban J connectivity index is 3.51. The van der Waals surface area contributed by atoms with Gasteiger partial charge < -0.3 is 5.73 Å². The molecule has 0 aliphatic heterocycles. The largest absolute Gasteiger partial charge is 0.330 e. The van der Waals surface area contributed by atoms with E-state index in [4.69, 9.17) is 11.2 Å². The first-order valence-electron chi connectivity index (χ1n) is 4.41. The Morgan fingerprint density at radius 2 is 2.38 bits per heavy atom. The van der Waals surface area contributed by atoms with Gasteiger partial charge in [0, 0.05) is 23.5 Å². The molecule has 0 heterocycles. The molecule has 0 saturated carbocycles. The van der Waals surface area contributed by atoms with E-state index in [9.17, 15) is 0 Å². The average Bonchev–Trinajstić information content (AvgIpc) is 1.84. The van der Waals surface area contributed by atoms with E-state index < -0.39 is 12.2 Å². The van der Waals surface area contributed by atoms with E-state index in [1.807, 2.05) is 0 Å². The van der Waals surface area contributed by atoms with Crippen LogP contribution in [0, 0.1) is 0 Å². The summed E-state index contributed by atoms with van der Waals surface area (Å²) in [6, 6.07) is 0. The van der Waals surface area contributed by atoms with Crippen molar-refractivity contribution in [2.45, 2.75) is 13.3 Å². The number of hydrogen-bond donors (Lipinski definition) is 1. The van der Waals surface area contributed by atoms with Crippen LogP contribution in [0.5, 0.6) is 0 Å². The minimum absolute atomic E-state index is 0.182. The van der Waals surface area contributed by atoms with Crippen molar-refractivity contribution < 1.29 is 5.48 Å². The summed E-state index contributed by atoms with van der Waals surface area (Å²) in [6.45, 7) is -0.202. The molecular weight excluding hydrogens is 138 g/mol. The zero-order valence-electron chi connectivity index (χ0n) is 8.76. The van der Waals surface area contributed by atoms with Crippen molar-refractivity contribution in [2.75, 3.05) is 18.0 Å². The molecule has 0 spiro atoms. The zero-order valence-corrected chi connectivity index (χ0v) is 6.39. The van der Waals surface area contributed by atoms with Crippen LogP contribution >= 0.6 is 21.6 Å². The fraction of sp³-hybridized carbons (Fsp3) is 1.00. The highest BCUT2D eigenvalue weighted by Gasteiger charge is 1.83. The van der Waals surface area contributed by atoms with Gasteiger partial charge in [0.1, 0.15) is 0 Å². The van der Waals surface area contributed by atoms with Crippen LogP contribution in [-0.2, 0) is 0 Å². The van der Waals surface area contributed by atoms with Gasteiger partial charge in [-0.15, -0.1) is 0 Å². The topological polar surface area (TPSA) is 26.0 Å². The summed E-state index contributed by atoms with van der Waals surface area (Å²) in [7, 11) is 2.39. The van der Waals surface area contributed by atoms with Crippen LogP contribution < -0.4 is 5.73 Å². The lowest BCUT2D eigenvalue weighted by molar-refractivity contribution is 1.11. The molecule has 0 rings (SSSR count). The molecule has 0 aliphatic carbocycles. The Kier molecular flexibility index (Phi) is 3.58. The maximum atomic E-state index is 7.25. The van der Waals surface area contributed by atoms with Gasteiger partial charge in [-0.3, -0.25) is 0 Å². The lowest BCUT2D eigenvalue weighted by Crippen LogP contribution is -1.99. The highest BCUT2D eigenvalue weighted by Crippen LogP contribution is 2.20. The highest BCUT2D eigenvalue weighted by atomic mass is 33.1. The maximum Gasteiger partial charge on any atom is 0.0434 e. The van der Waals surface area contributed by atoms with Crippen molar-refractivity contribution in [2.24, 2.45) is 5.73 Å². The first kappa shape index (κ1) is 3.74. The second kappa shape index (κ2) is 7.66. The molecule has 0 aromatic carbocycles. The van der Waals surface area contributed by atoms with Gasteiger partial charge in [0.05, 0.1) is 0 Å². The summed E-state index contributed by atoms with van der Waals surface area (Å²) in [5.74, 6) is 0.593. The van der Waals surface area contributed by atoms with Crippen molar-refractivity contribution in [3.8, 4) is 0 Å². The Bertz CT molecular complexity index is 127. The van der Waals surface area contributed by atoms with Crippen molar-refractivity contribution in [1.29, 1.82) is 0 Å². The summed E-state index contributed by atoms with van der Waals surface area (Å²) in [5.41, 5.74) is 4.08. The SMILES string of the molecule is [2H]C(C)CSSC([2H])C([2H])([2H])N. The van der Waals surface area contributed by atoms with Gasteiger partial charge in [0.15, 0.2) is 0 Å². The van der Waals surface area contributed by atoms with E-state index in [0.29, 0.717) is 5.75 Å². The summed E-state index contributed by atoms with van der Waals surface area (Å²) in [5, 5.41) is 0. The monoisotopic (exact) mass is 155 g/mol. The molecule has 0 fully saturated rings. The number of nitrogens with two attached hydrogens (primary N) is 1. The van der Waals surface area contributed by atoms with Crippen molar-refractivity contribution in [1.82, 2.24) is 0 Å². The number of hydrogen-bond acceptors (Lipinski definition) is 3. The van der Waals surface area contributed by atoms with E-state index in [2.05, 4.69) is 0 Å². The van der Waals surface area contributed by atoms with Gasteiger partial charge in [-0.2, -0.15) is 0 Å². The molecule has 0 saturated heterocycles. The van der Waals surface area contributed by atoms with Crippen LogP contribution in [-0.4, -0.2) is 18.0 Å². The van der Waals surface area contributed by atoms with Crippen LogP contribution in [0.25, 0.3) is 0 Å². The van der Waals surface area contributed by atoms with Gasteiger partial charge in [-0.1, -0.05) is 28.5 Å². The molecule has 8 heavy (non-hydrogen) atoms. The molecule has 0 radical (unpaired) electrons. The van der Waals surface area contributed by atoms with Crippen LogP contribution in [0.15, 0.2) is 0 Å². The van der Waals surface area contributed by atoms with E-state index in [1.54, 1.807) is 6.92 Å². The molecule has 3 heteroatoms. The van der Waals surface area contributed by atoms with E-state index >= 15 is 0 Å². The fourth-order valence-electron chi connectivity index (χ4n) is 0.169. The first-order chi connectivity index (χ1) is 5.34. The van der Waals surface area contributed by atoms with Crippen molar-refractivity contribution >= 4 is 21.6 Å². The zero-order chi connectivity index (χ0) is 9.78. The molecule has 2 N–H and O–H groups in total. The summed E-state index contributed by atoms with van der Waals surface area (Å²) < 4.78 is 28.4.